The van der Waals surface area contributed by atoms with E-state index in [4.69, 9.17) is 10.7 Å². The van der Waals surface area contributed by atoms with Crippen molar-refractivity contribution in [3.8, 4) is 0 Å². The average molecular weight is 243 g/mol. The molecule has 1 aromatic carbocycles. The number of rotatable bonds is 1. The Hall–Kier alpha value is -1.35. The molecule has 2 aromatic rings. The second-order valence-corrected chi connectivity index (χ2v) is 5.96. The number of nitrogens with two attached hydrogens (primary N) is 1. The largest absolute Gasteiger partial charge is 0.340 e. The molecule has 96 valence electrons. The lowest BCUT2D eigenvalue weighted by Crippen LogP contribution is -2.42. The molecule has 1 saturated carbocycles. The third kappa shape index (κ3) is 1.93. The second kappa shape index (κ2) is 4.09. The molecule has 3 rings (SSSR count). The maximum Gasteiger partial charge on any atom is 0.127 e. The van der Waals surface area contributed by atoms with Gasteiger partial charge in [0.25, 0.3) is 0 Å². The summed E-state index contributed by atoms with van der Waals surface area (Å²) in [6.45, 7) is 4.38. The molecule has 3 N–H and O–H groups in total. The van der Waals surface area contributed by atoms with Gasteiger partial charge < -0.3 is 10.7 Å². The van der Waals surface area contributed by atoms with E-state index in [1.54, 1.807) is 0 Å². The normalized spacial score (nSPS) is 28.7. The van der Waals surface area contributed by atoms with E-state index in [0.717, 1.165) is 29.7 Å². The van der Waals surface area contributed by atoms with Crippen molar-refractivity contribution >= 4 is 11.0 Å². The fraction of sp³-hybridized carbons (Fsp3) is 0.533. The van der Waals surface area contributed by atoms with Gasteiger partial charge in [0.15, 0.2) is 0 Å². The van der Waals surface area contributed by atoms with Crippen molar-refractivity contribution in [1.29, 1.82) is 0 Å². The van der Waals surface area contributed by atoms with Gasteiger partial charge in [-0.3, -0.25) is 0 Å². The van der Waals surface area contributed by atoms with Gasteiger partial charge in [-0.15, -0.1) is 0 Å². The SMILES string of the molecule is Cc1ccc2nc(C3(N)CCCC(C)C3)[nH]c2c1. The van der Waals surface area contributed by atoms with Gasteiger partial charge in [0, 0.05) is 0 Å². The van der Waals surface area contributed by atoms with Crippen molar-refractivity contribution < 1.29 is 0 Å². The molecule has 1 fully saturated rings. The number of nitrogens with one attached hydrogen (secondary N) is 1. The van der Waals surface area contributed by atoms with E-state index in [2.05, 4.69) is 37.0 Å². The van der Waals surface area contributed by atoms with Crippen LogP contribution in [0.15, 0.2) is 18.2 Å². The summed E-state index contributed by atoms with van der Waals surface area (Å²) in [5.41, 5.74) is 9.70. The van der Waals surface area contributed by atoms with Crippen molar-refractivity contribution in [2.24, 2.45) is 11.7 Å². The highest BCUT2D eigenvalue weighted by molar-refractivity contribution is 5.76. The Bertz CT molecular complexity index is 572. The zero-order valence-electron chi connectivity index (χ0n) is 11.2. The predicted molar refractivity (Wildman–Crippen MR) is 74.3 cm³/mol. The van der Waals surface area contributed by atoms with E-state index in [0.29, 0.717) is 5.92 Å². The minimum Gasteiger partial charge on any atom is -0.340 e. The molecular formula is C15H21N3. The smallest absolute Gasteiger partial charge is 0.127 e. The quantitative estimate of drug-likeness (QED) is 0.808. The van der Waals surface area contributed by atoms with Gasteiger partial charge in [0.05, 0.1) is 16.6 Å². The van der Waals surface area contributed by atoms with E-state index in [1.807, 2.05) is 0 Å². The van der Waals surface area contributed by atoms with Crippen molar-refractivity contribution in [3.63, 3.8) is 0 Å². The van der Waals surface area contributed by atoms with Gasteiger partial charge in [-0.25, -0.2) is 4.98 Å². The van der Waals surface area contributed by atoms with Gasteiger partial charge in [0.1, 0.15) is 5.82 Å². The number of aromatic nitrogens is 2. The molecule has 18 heavy (non-hydrogen) atoms. The van der Waals surface area contributed by atoms with Crippen LogP contribution in [-0.2, 0) is 5.54 Å². The van der Waals surface area contributed by atoms with Gasteiger partial charge in [-0.2, -0.15) is 0 Å². The Labute approximate surface area is 108 Å². The molecule has 0 radical (unpaired) electrons. The van der Waals surface area contributed by atoms with Crippen LogP contribution in [0, 0.1) is 12.8 Å². The summed E-state index contributed by atoms with van der Waals surface area (Å²) in [5, 5.41) is 0. The summed E-state index contributed by atoms with van der Waals surface area (Å²) in [6, 6.07) is 6.31. The fourth-order valence-electron chi connectivity index (χ4n) is 3.17. The first-order chi connectivity index (χ1) is 8.57. The minimum absolute atomic E-state index is 0.259. The monoisotopic (exact) mass is 243 g/mol. The van der Waals surface area contributed by atoms with Crippen LogP contribution in [0.1, 0.15) is 44.0 Å². The number of aromatic amines is 1. The topological polar surface area (TPSA) is 54.7 Å². The predicted octanol–water partition coefficient (Wildman–Crippen LogP) is 3.24. The summed E-state index contributed by atoms with van der Waals surface area (Å²) in [4.78, 5) is 8.13. The number of benzene rings is 1. The minimum atomic E-state index is -0.259. The highest BCUT2D eigenvalue weighted by Gasteiger charge is 2.35. The van der Waals surface area contributed by atoms with Crippen molar-refractivity contribution in [1.82, 2.24) is 9.97 Å². The first kappa shape index (κ1) is 11.7. The molecule has 2 atom stereocenters. The lowest BCUT2D eigenvalue weighted by molar-refractivity contribution is 0.230. The van der Waals surface area contributed by atoms with Crippen LogP contribution in [0.4, 0.5) is 0 Å². The molecule has 1 aliphatic carbocycles. The maximum absolute atomic E-state index is 6.58. The maximum atomic E-state index is 6.58. The van der Waals surface area contributed by atoms with Crippen LogP contribution in [0.25, 0.3) is 11.0 Å². The molecule has 3 heteroatoms. The number of fused-ring (bicyclic) bond motifs is 1. The first-order valence-corrected chi connectivity index (χ1v) is 6.82. The molecule has 0 spiro atoms. The molecule has 1 heterocycles. The van der Waals surface area contributed by atoms with E-state index < -0.39 is 0 Å². The Morgan fingerprint density at radius 1 is 1.44 bits per heavy atom. The van der Waals surface area contributed by atoms with Crippen LogP contribution >= 0.6 is 0 Å². The Kier molecular flexibility index (Phi) is 2.67. The summed E-state index contributed by atoms with van der Waals surface area (Å²) in [7, 11) is 0. The molecule has 0 aliphatic heterocycles. The van der Waals surface area contributed by atoms with Gasteiger partial charge in [-0.1, -0.05) is 25.8 Å². The van der Waals surface area contributed by atoms with E-state index in [-0.39, 0.29) is 5.54 Å². The lowest BCUT2D eigenvalue weighted by atomic mass is 9.76. The van der Waals surface area contributed by atoms with E-state index in [9.17, 15) is 0 Å². The molecule has 3 nitrogen and oxygen atoms in total. The van der Waals surface area contributed by atoms with Gasteiger partial charge >= 0.3 is 0 Å². The summed E-state index contributed by atoms with van der Waals surface area (Å²) in [5.74, 6) is 1.66. The number of hydrogen-bond donors (Lipinski definition) is 2. The lowest BCUT2D eigenvalue weighted by Gasteiger charge is -2.35. The third-order valence-electron chi connectivity index (χ3n) is 4.14. The zero-order chi connectivity index (χ0) is 12.8. The molecule has 0 amide bonds. The van der Waals surface area contributed by atoms with Crippen molar-refractivity contribution in [2.75, 3.05) is 0 Å². The Morgan fingerprint density at radius 3 is 3.06 bits per heavy atom. The number of nitrogens with zero attached hydrogens (tertiary/aromatic N) is 1. The number of imidazole rings is 1. The number of aryl methyl sites for hydroxylation is 1. The summed E-state index contributed by atoms with van der Waals surface area (Å²) in [6.07, 6.45) is 4.56. The molecule has 0 bridgehead atoms. The fourth-order valence-corrected chi connectivity index (χ4v) is 3.17. The average Bonchev–Trinajstić information content (AvgIpc) is 2.72. The zero-order valence-corrected chi connectivity index (χ0v) is 11.2. The molecule has 1 aliphatic rings. The summed E-state index contributed by atoms with van der Waals surface area (Å²) < 4.78 is 0. The molecule has 2 unspecified atom stereocenters. The standard InChI is InChI=1S/C15H21N3/c1-10-5-6-12-13(8-10)18-14(17-12)15(16)7-3-4-11(2)9-15/h5-6,8,11H,3-4,7,9,16H2,1-2H3,(H,17,18). The van der Waals surface area contributed by atoms with Crippen LogP contribution in [0.3, 0.4) is 0 Å². The second-order valence-electron chi connectivity index (χ2n) is 5.96. The molecule has 0 saturated heterocycles. The highest BCUT2D eigenvalue weighted by atomic mass is 15.0. The Balaban J connectivity index is 2.03. The van der Waals surface area contributed by atoms with Crippen LogP contribution < -0.4 is 5.73 Å². The van der Waals surface area contributed by atoms with Crippen LogP contribution in [-0.4, -0.2) is 9.97 Å². The van der Waals surface area contributed by atoms with Gasteiger partial charge in [0.2, 0.25) is 0 Å². The van der Waals surface area contributed by atoms with E-state index in [1.165, 1.54) is 18.4 Å². The van der Waals surface area contributed by atoms with Crippen LogP contribution in [0.2, 0.25) is 0 Å². The summed E-state index contributed by atoms with van der Waals surface area (Å²) >= 11 is 0. The third-order valence-corrected chi connectivity index (χ3v) is 4.14. The van der Waals surface area contributed by atoms with E-state index >= 15 is 0 Å². The number of hydrogen-bond acceptors (Lipinski definition) is 2. The van der Waals surface area contributed by atoms with Crippen molar-refractivity contribution in [2.45, 2.75) is 45.1 Å². The first-order valence-electron chi connectivity index (χ1n) is 6.82. The van der Waals surface area contributed by atoms with Crippen molar-refractivity contribution in [3.05, 3.63) is 29.6 Å². The number of H-pyrrole nitrogens is 1. The molecule has 1 aromatic heterocycles. The van der Waals surface area contributed by atoms with Gasteiger partial charge in [-0.05, 0) is 43.4 Å². The highest BCUT2D eigenvalue weighted by Crippen LogP contribution is 2.37. The van der Waals surface area contributed by atoms with Crippen LogP contribution in [0.5, 0.6) is 0 Å². The molecular weight excluding hydrogens is 222 g/mol. The Morgan fingerprint density at radius 2 is 2.28 bits per heavy atom.